The first-order valence-electron chi connectivity index (χ1n) is 7.11. The maximum absolute atomic E-state index is 13.0. The van der Waals surface area contributed by atoms with E-state index < -0.39 is 0 Å². The van der Waals surface area contributed by atoms with E-state index in [2.05, 4.69) is 26.1 Å². The highest BCUT2D eigenvalue weighted by molar-refractivity contribution is 9.10. The van der Waals surface area contributed by atoms with Gasteiger partial charge in [-0.05, 0) is 36.4 Å². The number of aromatic nitrogens is 3. The molecule has 4 nitrogen and oxygen atoms in total. The largest absolute Gasteiger partial charge is 0.305 e. The van der Waals surface area contributed by atoms with Crippen molar-refractivity contribution in [1.82, 2.24) is 14.8 Å². The Labute approximate surface area is 151 Å². The molecule has 0 saturated carbocycles. The molecule has 0 amide bonds. The van der Waals surface area contributed by atoms with Gasteiger partial charge in [0, 0.05) is 22.6 Å². The number of benzene rings is 2. The van der Waals surface area contributed by atoms with Crippen LogP contribution in [0.5, 0.6) is 0 Å². The second kappa shape index (κ2) is 7.27. The van der Waals surface area contributed by atoms with Crippen molar-refractivity contribution in [2.24, 2.45) is 7.05 Å². The molecule has 3 aromatic rings. The molecule has 0 aliphatic heterocycles. The minimum absolute atomic E-state index is 0.0267. The SMILES string of the molecule is Cn1c(SCC(=O)c2ccc(Br)cc2)nnc1-c1ccc(F)cc1. The van der Waals surface area contributed by atoms with Crippen molar-refractivity contribution in [3.8, 4) is 11.4 Å². The lowest BCUT2D eigenvalue weighted by Crippen LogP contribution is -2.03. The zero-order valence-corrected chi connectivity index (χ0v) is 15.1. The third kappa shape index (κ3) is 3.73. The molecular formula is C17H13BrFN3OS. The van der Waals surface area contributed by atoms with Crippen LogP contribution in [-0.2, 0) is 7.05 Å². The quantitative estimate of drug-likeness (QED) is 0.467. The van der Waals surface area contributed by atoms with Crippen LogP contribution < -0.4 is 0 Å². The average molecular weight is 406 g/mol. The standard InChI is InChI=1S/C17H13BrFN3OS/c1-22-16(12-4-8-14(19)9-5-12)20-21-17(22)24-10-15(23)11-2-6-13(18)7-3-11/h2-9H,10H2,1H3. The summed E-state index contributed by atoms with van der Waals surface area (Å²) in [6, 6.07) is 13.3. The van der Waals surface area contributed by atoms with Gasteiger partial charge in [0.1, 0.15) is 5.82 Å². The van der Waals surface area contributed by atoms with Crippen LogP contribution in [0.2, 0.25) is 0 Å². The maximum atomic E-state index is 13.0. The fraction of sp³-hybridized carbons (Fsp3) is 0.118. The Hall–Kier alpha value is -1.99. The average Bonchev–Trinajstić information content (AvgIpc) is 2.95. The third-order valence-corrected chi connectivity index (χ3v) is 4.98. The number of carbonyl (C=O) groups excluding carboxylic acids is 1. The van der Waals surface area contributed by atoms with Crippen molar-refractivity contribution in [1.29, 1.82) is 0 Å². The molecule has 0 atom stereocenters. The predicted octanol–water partition coefficient (Wildman–Crippen LogP) is 4.36. The fourth-order valence-corrected chi connectivity index (χ4v) is 3.21. The summed E-state index contributed by atoms with van der Waals surface area (Å²) < 4.78 is 15.7. The van der Waals surface area contributed by atoms with Crippen molar-refractivity contribution in [2.75, 3.05) is 5.75 Å². The number of hydrogen-bond donors (Lipinski definition) is 0. The van der Waals surface area contributed by atoms with Gasteiger partial charge in [-0.25, -0.2) is 4.39 Å². The molecule has 2 aromatic carbocycles. The highest BCUT2D eigenvalue weighted by Gasteiger charge is 2.14. The number of Topliss-reactive ketones (excluding diaryl/α,β-unsaturated/α-hetero) is 1. The van der Waals surface area contributed by atoms with Crippen molar-refractivity contribution < 1.29 is 9.18 Å². The summed E-state index contributed by atoms with van der Waals surface area (Å²) in [6.07, 6.45) is 0. The van der Waals surface area contributed by atoms with E-state index in [9.17, 15) is 9.18 Å². The van der Waals surface area contributed by atoms with Gasteiger partial charge in [0.2, 0.25) is 0 Å². The monoisotopic (exact) mass is 405 g/mol. The van der Waals surface area contributed by atoms with Gasteiger partial charge in [-0.3, -0.25) is 4.79 Å². The van der Waals surface area contributed by atoms with E-state index in [0.717, 1.165) is 10.0 Å². The zero-order valence-electron chi connectivity index (χ0n) is 12.7. The van der Waals surface area contributed by atoms with E-state index in [1.165, 1.54) is 23.9 Å². The van der Waals surface area contributed by atoms with Gasteiger partial charge >= 0.3 is 0 Å². The van der Waals surface area contributed by atoms with E-state index in [1.807, 2.05) is 19.2 Å². The Morgan fingerprint density at radius 3 is 2.46 bits per heavy atom. The predicted molar refractivity (Wildman–Crippen MR) is 95.6 cm³/mol. The Morgan fingerprint density at radius 1 is 1.12 bits per heavy atom. The van der Waals surface area contributed by atoms with Gasteiger partial charge in [0.25, 0.3) is 0 Å². The number of carbonyl (C=O) groups is 1. The topological polar surface area (TPSA) is 47.8 Å². The molecule has 1 heterocycles. The van der Waals surface area contributed by atoms with E-state index in [0.29, 0.717) is 16.5 Å². The lowest BCUT2D eigenvalue weighted by molar-refractivity contribution is 0.102. The zero-order chi connectivity index (χ0) is 17.1. The molecule has 0 N–H and O–H groups in total. The first kappa shape index (κ1) is 16.9. The number of halogens is 2. The van der Waals surface area contributed by atoms with Crippen LogP contribution in [0.3, 0.4) is 0 Å². The van der Waals surface area contributed by atoms with E-state index in [1.54, 1.807) is 28.8 Å². The van der Waals surface area contributed by atoms with Gasteiger partial charge in [0.15, 0.2) is 16.8 Å². The molecule has 0 aliphatic carbocycles. The normalized spacial score (nSPS) is 10.8. The van der Waals surface area contributed by atoms with E-state index in [4.69, 9.17) is 0 Å². The Bertz CT molecular complexity index is 863. The molecule has 122 valence electrons. The Balaban J connectivity index is 1.71. The summed E-state index contributed by atoms with van der Waals surface area (Å²) in [5, 5.41) is 8.89. The molecule has 0 spiro atoms. The molecule has 1 aromatic heterocycles. The fourth-order valence-electron chi connectivity index (χ4n) is 2.14. The maximum Gasteiger partial charge on any atom is 0.191 e. The van der Waals surface area contributed by atoms with Crippen molar-refractivity contribution in [3.63, 3.8) is 0 Å². The molecule has 0 aliphatic rings. The van der Waals surface area contributed by atoms with Crippen molar-refractivity contribution in [2.45, 2.75) is 5.16 Å². The second-order valence-electron chi connectivity index (χ2n) is 5.09. The van der Waals surface area contributed by atoms with Gasteiger partial charge in [-0.2, -0.15) is 0 Å². The van der Waals surface area contributed by atoms with Crippen LogP contribution in [0.1, 0.15) is 10.4 Å². The molecule has 0 radical (unpaired) electrons. The van der Waals surface area contributed by atoms with Crippen molar-refractivity contribution in [3.05, 3.63) is 64.4 Å². The number of nitrogens with zero attached hydrogens (tertiary/aromatic N) is 3. The van der Waals surface area contributed by atoms with Gasteiger partial charge < -0.3 is 4.57 Å². The lowest BCUT2D eigenvalue weighted by atomic mass is 10.2. The molecule has 3 rings (SSSR count). The van der Waals surface area contributed by atoms with E-state index in [-0.39, 0.29) is 17.4 Å². The Kier molecular flexibility index (Phi) is 5.11. The number of hydrogen-bond acceptors (Lipinski definition) is 4. The number of rotatable bonds is 5. The summed E-state index contributed by atoms with van der Waals surface area (Å²) in [6.45, 7) is 0. The van der Waals surface area contributed by atoms with Gasteiger partial charge in [0.05, 0.1) is 5.75 Å². The van der Waals surface area contributed by atoms with Crippen LogP contribution in [0.15, 0.2) is 58.2 Å². The summed E-state index contributed by atoms with van der Waals surface area (Å²) >= 11 is 4.67. The van der Waals surface area contributed by atoms with Crippen LogP contribution >= 0.6 is 27.7 Å². The Morgan fingerprint density at radius 2 is 1.79 bits per heavy atom. The van der Waals surface area contributed by atoms with Crippen LogP contribution in [-0.4, -0.2) is 26.3 Å². The molecule has 24 heavy (non-hydrogen) atoms. The van der Waals surface area contributed by atoms with Crippen LogP contribution in [0.25, 0.3) is 11.4 Å². The summed E-state index contributed by atoms with van der Waals surface area (Å²) in [5.74, 6) is 0.639. The van der Waals surface area contributed by atoms with E-state index >= 15 is 0 Å². The smallest absolute Gasteiger partial charge is 0.191 e. The first-order chi connectivity index (χ1) is 11.5. The molecular weight excluding hydrogens is 393 g/mol. The summed E-state index contributed by atoms with van der Waals surface area (Å²) in [4.78, 5) is 12.2. The third-order valence-electron chi connectivity index (χ3n) is 3.44. The van der Waals surface area contributed by atoms with Gasteiger partial charge in [-0.15, -0.1) is 10.2 Å². The molecule has 0 fully saturated rings. The molecule has 7 heteroatoms. The highest BCUT2D eigenvalue weighted by atomic mass is 79.9. The molecule has 0 bridgehead atoms. The van der Waals surface area contributed by atoms with Crippen molar-refractivity contribution >= 4 is 33.5 Å². The molecule has 0 saturated heterocycles. The molecule has 0 unspecified atom stereocenters. The lowest BCUT2D eigenvalue weighted by Gasteiger charge is -2.04. The van der Waals surface area contributed by atoms with Crippen LogP contribution in [0.4, 0.5) is 4.39 Å². The van der Waals surface area contributed by atoms with Crippen LogP contribution in [0, 0.1) is 5.82 Å². The van der Waals surface area contributed by atoms with Gasteiger partial charge in [-0.1, -0.05) is 39.8 Å². The summed E-state index contributed by atoms with van der Waals surface area (Å²) in [7, 11) is 1.82. The minimum atomic E-state index is -0.296. The minimum Gasteiger partial charge on any atom is -0.305 e. The highest BCUT2D eigenvalue weighted by Crippen LogP contribution is 2.23. The first-order valence-corrected chi connectivity index (χ1v) is 8.89. The number of ketones is 1. The number of thioether (sulfide) groups is 1. The second-order valence-corrected chi connectivity index (χ2v) is 6.95. The summed E-state index contributed by atoms with van der Waals surface area (Å²) in [5.41, 5.74) is 1.43.